The third-order valence-corrected chi connectivity index (χ3v) is 4.07. The molecule has 0 spiro atoms. The van der Waals surface area contributed by atoms with E-state index in [0.717, 1.165) is 29.3 Å². The maximum Gasteiger partial charge on any atom is 0.244 e. The SMILES string of the molecule is COc1ccccc1CNc1nncc(NCCc2ccc(Cl)cc2)n1. The molecule has 0 aliphatic carbocycles. The number of hydrogen-bond donors (Lipinski definition) is 2. The first-order valence-electron chi connectivity index (χ1n) is 8.28. The lowest BCUT2D eigenvalue weighted by Gasteiger charge is -2.10. The minimum atomic E-state index is 0.465. The number of hydrogen-bond acceptors (Lipinski definition) is 6. The molecule has 6 nitrogen and oxygen atoms in total. The number of para-hydroxylation sites is 1. The monoisotopic (exact) mass is 369 g/mol. The zero-order chi connectivity index (χ0) is 18.2. The molecule has 0 unspecified atom stereocenters. The van der Waals surface area contributed by atoms with Gasteiger partial charge in [-0.2, -0.15) is 10.1 Å². The molecule has 2 aromatic carbocycles. The molecule has 0 amide bonds. The van der Waals surface area contributed by atoms with Gasteiger partial charge >= 0.3 is 0 Å². The zero-order valence-electron chi connectivity index (χ0n) is 14.4. The number of ether oxygens (including phenoxy) is 1. The number of nitrogens with zero attached hydrogens (tertiary/aromatic N) is 3. The maximum absolute atomic E-state index is 5.90. The van der Waals surface area contributed by atoms with E-state index in [1.165, 1.54) is 5.56 Å². The van der Waals surface area contributed by atoms with E-state index < -0.39 is 0 Å². The first kappa shape index (κ1) is 17.9. The van der Waals surface area contributed by atoms with Gasteiger partial charge in [0.15, 0.2) is 5.82 Å². The van der Waals surface area contributed by atoms with Crippen LogP contribution in [0.1, 0.15) is 11.1 Å². The van der Waals surface area contributed by atoms with Gasteiger partial charge in [0.2, 0.25) is 5.95 Å². The first-order chi connectivity index (χ1) is 12.7. The Morgan fingerprint density at radius 1 is 1.04 bits per heavy atom. The summed E-state index contributed by atoms with van der Waals surface area (Å²) in [5, 5.41) is 15.2. The average Bonchev–Trinajstić information content (AvgIpc) is 2.68. The smallest absolute Gasteiger partial charge is 0.244 e. The van der Waals surface area contributed by atoms with Crippen LogP contribution in [-0.2, 0) is 13.0 Å². The summed E-state index contributed by atoms with van der Waals surface area (Å²) in [6, 6.07) is 15.6. The van der Waals surface area contributed by atoms with Crippen molar-refractivity contribution in [2.45, 2.75) is 13.0 Å². The number of benzene rings is 2. The highest BCUT2D eigenvalue weighted by molar-refractivity contribution is 6.30. The molecule has 0 fully saturated rings. The van der Waals surface area contributed by atoms with E-state index in [4.69, 9.17) is 16.3 Å². The quantitative estimate of drug-likeness (QED) is 0.629. The lowest BCUT2D eigenvalue weighted by molar-refractivity contribution is 0.410. The summed E-state index contributed by atoms with van der Waals surface area (Å²) in [6.45, 7) is 1.30. The van der Waals surface area contributed by atoms with Gasteiger partial charge in [-0.15, -0.1) is 5.10 Å². The summed E-state index contributed by atoms with van der Waals surface area (Å²) in [5.74, 6) is 1.97. The van der Waals surface area contributed by atoms with Gasteiger partial charge in [0.05, 0.1) is 13.3 Å². The molecule has 0 saturated heterocycles. The fourth-order valence-corrected chi connectivity index (χ4v) is 2.60. The molecule has 0 aliphatic rings. The lowest BCUT2D eigenvalue weighted by Crippen LogP contribution is -2.10. The first-order valence-corrected chi connectivity index (χ1v) is 8.66. The van der Waals surface area contributed by atoms with Gasteiger partial charge in [-0.3, -0.25) is 0 Å². The Balaban J connectivity index is 1.53. The van der Waals surface area contributed by atoms with Gasteiger partial charge in [-0.05, 0) is 30.2 Å². The fourth-order valence-electron chi connectivity index (χ4n) is 2.47. The van der Waals surface area contributed by atoms with E-state index in [9.17, 15) is 0 Å². The van der Waals surface area contributed by atoms with Crippen LogP contribution in [-0.4, -0.2) is 28.8 Å². The average molecular weight is 370 g/mol. The molecule has 2 N–H and O–H groups in total. The highest BCUT2D eigenvalue weighted by atomic mass is 35.5. The molecule has 0 radical (unpaired) electrons. The van der Waals surface area contributed by atoms with Crippen LogP contribution in [0.15, 0.2) is 54.7 Å². The predicted octanol–water partition coefficient (Wildman–Crippen LogP) is 3.80. The van der Waals surface area contributed by atoms with Crippen LogP contribution in [0, 0.1) is 0 Å². The number of halogens is 1. The van der Waals surface area contributed by atoms with Crippen molar-refractivity contribution in [2.24, 2.45) is 0 Å². The van der Waals surface area contributed by atoms with Crippen LogP contribution in [0.4, 0.5) is 11.8 Å². The van der Waals surface area contributed by atoms with E-state index in [0.29, 0.717) is 18.3 Å². The Morgan fingerprint density at radius 2 is 1.85 bits per heavy atom. The van der Waals surface area contributed by atoms with Crippen LogP contribution in [0.25, 0.3) is 0 Å². The molecular formula is C19H20ClN5O. The third kappa shape index (κ3) is 5.07. The molecule has 1 heterocycles. The topological polar surface area (TPSA) is 72.0 Å². The Bertz CT molecular complexity index is 841. The van der Waals surface area contributed by atoms with Gasteiger partial charge in [-0.25, -0.2) is 0 Å². The molecular weight excluding hydrogens is 350 g/mol. The van der Waals surface area contributed by atoms with E-state index in [1.807, 2.05) is 48.5 Å². The van der Waals surface area contributed by atoms with Crippen molar-refractivity contribution in [1.82, 2.24) is 15.2 Å². The zero-order valence-corrected chi connectivity index (χ0v) is 15.2. The van der Waals surface area contributed by atoms with Crippen LogP contribution in [0.5, 0.6) is 5.75 Å². The van der Waals surface area contributed by atoms with E-state index in [-0.39, 0.29) is 0 Å². The summed E-state index contributed by atoms with van der Waals surface area (Å²) in [4.78, 5) is 4.43. The van der Waals surface area contributed by atoms with Crippen molar-refractivity contribution >= 4 is 23.4 Å². The number of aromatic nitrogens is 3. The molecule has 1 aromatic heterocycles. The van der Waals surface area contributed by atoms with Crippen molar-refractivity contribution in [3.8, 4) is 5.75 Å². The molecule has 134 valence electrons. The van der Waals surface area contributed by atoms with Crippen molar-refractivity contribution in [3.63, 3.8) is 0 Å². The summed E-state index contributed by atoms with van der Waals surface area (Å²) in [5.41, 5.74) is 2.23. The van der Waals surface area contributed by atoms with Gasteiger partial charge in [0.1, 0.15) is 5.75 Å². The molecule has 3 aromatic rings. The second-order valence-electron chi connectivity index (χ2n) is 5.63. The summed E-state index contributed by atoms with van der Waals surface area (Å²) >= 11 is 5.90. The van der Waals surface area contributed by atoms with Crippen LogP contribution in [0.2, 0.25) is 5.02 Å². The number of nitrogens with one attached hydrogen (secondary N) is 2. The number of anilines is 2. The molecule has 3 rings (SSSR count). The normalized spacial score (nSPS) is 10.4. The molecule has 0 saturated carbocycles. The molecule has 0 bridgehead atoms. The molecule has 0 aliphatic heterocycles. The molecule has 7 heteroatoms. The van der Waals surface area contributed by atoms with E-state index in [1.54, 1.807) is 13.3 Å². The van der Waals surface area contributed by atoms with Crippen molar-refractivity contribution < 1.29 is 4.74 Å². The van der Waals surface area contributed by atoms with Gasteiger partial charge in [-0.1, -0.05) is 41.9 Å². The summed E-state index contributed by atoms with van der Waals surface area (Å²) < 4.78 is 5.34. The lowest BCUT2D eigenvalue weighted by atomic mass is 10.1. The second kappa shape index (κ2) is 9.01. The Kier molecular flexibility index (Phi) is 6.22. The van der Waals surface area contributed by atoms with Crippen molar-refractivity contribution in [2.75, 3.05) is 24.3 Å². The van der Waals surface area contributed by atoms with E-state index in [2.05, 4.69) is 25.8 Å². The van der Waals surface area contributed by atoms with E-state index >= 15 is 0 Å². The highest BCUT2D eigenvalue weighted by Crippen LogP contribution is 2.18. The van der Waals surface area contributed by atoms with Gasteiger partial charge in [0.25, 0.3) is 0 Å². The Labute approximate surface area is 157 Å². The van der Waals surface area contributed by atoms with Crippen LogP contribution >= 0.6 is 11.6 Å². The Morgan fingerprint density at radius 3 is 2.65 bits per heavy atom. The van der Waals surface area contributed by atoms with Gasteiger partial charge < -0.3 is 15.4 Å². The standard InChI is InChI=1S/C19H20ClN5O/c1-26-17-5-3-2-4-15(17)12-22-19-24-18(13-23-25-19)21-11-10-14-6-8-16(20)9-7-14/h2-9,13H,10-12H2,1H3,(H2,21,22,24,25). The maximum atomic E-state index is 5.90. The minimum Gasteiger partial charge on any atom is -0.496 e. The molecule has 0 atom stereocenters. The fraction of sp³-hybridized carbons (Fsp3) is 0.211. The van der Waals surface area contributed by atoms with Crippen LogP contribution < -0.4 is 15.4 Å². The largest absolute Gasteiger partial charge is 0.496 e. The number of rotatable bonds is 8. The van der Waals surface area contributed by atoms with Crippen LogP contribution in [0.3, 0.4) is 0 Å². The minimum absolute atomic E-state index is 0.465. The highest BCUT2D eigenvalue weighted by Gasteiger charge is 2.04. The van der Waals surface area contributed by atoms with Crippen molar-refractivity contribution in [1.29, 1.82) is 0 Å². The summed E-state index contributed by atoms with van der Waals surface area (Å²) in [6.07, 6.45) is 2.47. The third-order valence-electron chi connectivity index (χ3n) is 3.82. The second-order valence-corrected chi connectivity index (χ2v) is 6.07. The molecule has 26 heavy (non-hydrogen) atoms. The van der Waals surface area contributed by atoms with Gasteiger partial charge in [0, 0.05) is 23.7 Å². The number of methoxy groups -OCH3 is 1. The Hall–Kier alpha value is -2.86. The predicted molar refractivity (Wildman–Crippen MR) is 104 cm³/mol. The summed E-state index contributed by atoms with van der Waals surface area (Å²) in [7, 11) is 1.65. The van der Waals surface area contributed by atoms with Crippen molar-refractivity contribution in [3.05, 3.63) is 70.9 Å².